The van der Waals surface area contributed by atoms with Crippen LogP contribution >= 0.6 is 0 Å². The Kier molecular flexibility index (Phi) is 3.53. The van der Waals surface area contributed by atoms with E-state index in [1.807, 2.05) is 31.2 Å². The van der Waals surface area contributed by atoms with Crippen LogP contribution in [-0.2, 0) is 5.41 Å². The number of ketones is 1. The van der Waals surface area contributed by atoms with Crippen molar-refractivity contribution in [2.45, 2.75) is 12.3 Å². The molecule has 0 aliphatic carbocycles. The first-order valence-corrected chi connectivity index (χ1v) is 7.08. The first kappa shape index (κ1) is 14.4. The van der Waals surface area contributed by atoms with Gasteiger partial charge < -0.3 is 14.2 Å². The van der Waals surface area contributed by atoms with Gasteiger partial charge in [0, 0.05) is 6.07 Å². The van der Waals surface area contributed by atoms with Crippen molar-refractivity contribution in [1.82, 2.24) is 0 Å². The van der Waals surface area contributed by atoms with E-state index >= 15 is 0 Å². The van der Waals surface area contributed by atoms with Crippen molar-refractivity contribution in [3.8, 4) is 17.2 Å². The van der Waals surface area contributed by atoms with Crippen LogP contribution in [0.15, 0.2) is 42.5 Å². The molecule has 4 nitrogen and oxygen atoms in total. The third-order valence-corrected chi connectivity index (χ3v) is 4.18. The molecule has 2 aromatic carbocycles. The van der Waals surface area contributed by atoms with Crippen molar-refractivity contribution in [3.05, 3.63) is 53.6 Å². The van der Waals surface area contributed by atoms with Crippen LogP contribution in [0, 0.1) is 0 Å². The fraction of sp³-hybridized carbons (Fsp3) is 0.278. The highest BCUT2D eigenvalue weighted by molar-refractivity contribution is 6.07. The lowest BCUT2D eigenvalue weighted by Crippen LogP contribution is -2.42. The molecule has 4 heteroatoms. The number of hydrogen-bond acceptors (Lipinski definition) is 4. The molecule has 22 heavy (non-hydrogen) atoms. The fourth-order valence-corrected chi connectivity index (χ4v) is 2.69. The van der Waals surface area contributed by atoms with Crippen LogP contribution in [0.2, 0.25) is 0 Å². The number of rotatable bonds is 3. The van der Waals surface area contributed by atoms with Crippen molar-refractivity contribution >= 4 is 5.78 Å². The molecule has 0 N–H and O–H groups in total. The molecule has 1 aliphatic rings. The summed E-state index contributed by atoms with van der Waals surface area (Å²) < 4.78 is 16.2. The van der Waals surface area contributed by atoms with E-state index in [9.17, 15) is 4.79 Å². The quantitative estimate of drug-likeness (QED) is 0.872. The number of Topliss-reactive ketones (excluding diaryl/α,β-unsaturated/α-hetero) is 1. The molecule has 0 fully saturated rings. The largest absolute Gasteiger partial charge is 0.497 e. The number of fused-ring (bicyclic) bond motifs is 1. The Bertz CT molecular complexity index is 706. The van der Waals surface area contributed by atoms with Crippen molar-refractivity contribution in [2.75, 3.05) is 20.8 Å². The Morgan fingerprint density at radius 3 is 2.27 bits per heavy atom. The van der Waals surface area contributed by atoms with E-state index in [-0.39, 0.29) is 5.78 Å². The lowest BCUT2D eigenvalue weighted by atomic mass is 9.75. The third kappa shape index (κ3) is 2.21. The van der Waals surface area contributed by atoms with Gasteiger partial charge in [-0.3, -0.25) is 4.79 Å². The maximum atomic E-state index is 12.9. The number of carbonyl (C=O) groups is 1. The standard InChI is InChI=1S/C18H18O4/c1-18(12-4-6-13(20-2)7-5-12)11-22-16-10-14(21-3)8-9-15(16)17(18)19/h4-10H,11H2,1-3H3. The van der Waals surface area contributed by atoms with Gasteiger partial charge in [-0.15, -0.1) is 0 Å². The highest BCUT2D eigenvalue weighted by Gasteiger charge is 2.41. The molecule has 1 atom stereocenters. The van der Waals surface area contributed by atoms with Gasteiger partial charge in [-0.2, -0.15) is 0 Å². The molecule has 0 amide bonds. The van der Waals surface area contributed by atoms with Crippen molar-refractivity contribution in [1.29, 1.82) is 0 Å². The van der Waals surface area contributed by atoms with Gasteiger partial charge in [-0.25, -0.2) is 0 Å². The minimum Gasteiger partial charge on any atom is -0.497 e. The van der Waals surface area contributed by atoms with E-state index in [1.54, 1.807) is 32.4 Å². The van der Waals surface area contributed by atoms with Gasteiger partial charge in [0.05, 0.1) is 25.2 Å². The van der Waals surface area contributed by atoms with E-state index < -0.39 is 5.41 Å². The lowest BCUT2D eigenvalue weighted by molar-refractivity contribution is 0.0791. The summed E-state index contributed by atoms with van der Waals surface area (Å²) in [6.07, 6.45) is 0. The Morgan fingerprint density at radius 2 is 1.64 bits per heavy atom. The van der Waals surface area contributed by atoms with Crippen molar-refractivity contribution in [3.63, 3.8) is 0 Å². The number of ether oxygens (including phenoxy) is 3. The van der Waals surface area contributed by atoms with E-state index in [0.717, 1.165) is 11.3 Å². The summed E-state index contributed by atoms with van der Waals surface area (Å²) in [6, 6.07) is 12.8. The Balaban J connectivity index is 1.99. The predicted octanol–water partition coefficient (Wildman–Crippen LogP) is 3.24. The average Bonchev–Trinajstić information content (AvgIpc) is 2.58. The highest BCUT2D eigenvalue weighted by Crippen LogP contribution is 2.38. The van der Waals surface area contributed by atoms with Gasteiger partial charge in [0.1, 0.15) is 23.9 Å². The molecule has 1 aliphatic heterocycles. The SMILES string of the molecule is COc1ccc(C2(C)COc3cc(OC)ccc3C2=O)cc1. The second kappa shape index (κ2) is 5.37. The number of benzene rings is 2. The van der Waals surface area contributed by atoms with Gasteiger partial charge in [0.15, 0.2) is 5.78 Å². The molecular weight excluding hydrogens is 280 g/mol. The summed E-state index contributed by atoms with van der Waals surface area (Å²) in [7, 11) is 3.21. The number of methoxy groups -OCH3 is 2. The van der Waals surface area contributed by atoms with Gasteiger partial charge in [-0.05, 0) is 36.8 Å². The Hall–Kier alpha value is -2.49. The molecule has 0 spiro atoms. The smallest absolute Gasteiger partial charge is 0.180 e. The summed E-state index contributed by atoms with van der Waals surface area (Å²) >= 11 is 0. The van der Waals surface area contributed by atoms with Gasteiger partial charge in [0.2, 0.25) is 0 Å². The molecule has 0 aromatic heterocycles. The molecule has 1 unspecified atom stereocenters. The fourth-order valence-electron chi connectivity index (χ4n) is 2.69. The van der Waals surface area contributed by atoms with Crippen LogP contribution in [0.1, 0.15) is 22.8 Å². The van der Waals surface area contributed by atoms with Crippen molar-refractivity contribution < 1.29 is 19.0 Å². The lowest BCUT2D eigenvalue weighted by Gasteiger charge is -2.33. The monoisotopic (exact) mass is 298 g/mol. The van der Waals surface area contributed by atoms with E-state index in [2.05, 4.69) is 0 Å². The van der Waals surface area contributed by atoms with Crippen LogP contribution < -0.4 is 14.2 Å². The molecule has 2 aromatic rings. The minimum atomic E-state index is -0.701. The Morgan fingerprint density at radius 1 is 1.00 bits per heavy atom. The highest BCUT2D eigenvalue weighted by atomic mass is 16.5. The van der Waals surface area contributed by atoms with E-state index in [1.165, 1.54) is 0 Å². The summed E-state index contributed by atoms with van der Waals surface area (Å²) in [5.41, 5.74) is 0.804. The molecule has 1 heterocycles. The zero-order valence-corrected chi connectivity index (χ0v) is 12.9. The molecular formula is C18H18O4. The van der Waals surface area contributed by atoms with Crippen LogP contribution in [0.4, 0.5) is 0 Å². The van der Waals surface area contributed by atoms with Gasteiger partial charge in [-0.1, -0.05) is 12.1 Å². The number of hydrogen-bond donors (Lipinski definition) is 0. The van der Waals surface area contributed by atoms with Gasteiger partial charge in [0.25, 0.3) is 0 Å². The van der Waals surface area contributed by atoms with Crippen LogP contribution in [0.3, 0.4) is 0 Å². The van der Waals surface area contributed by atoms with Crippen LogP contribution in [0.25, 0.3) is 0 Å². The Labute approximate surface area is 129 Å². The number of carbonyl (C=O) groups excluding carboxylic acids is 1. The summed E-state index contributed by atoms with van der Waals surface area (Å²) in [5.74, 6) is 2.08. The summed E-state index contributed by atoms with van der Waals surface area (Å²) in [6.45, 7) is 2.21. The second-order valence-electron chi connectivity index (χ2n) is 5.54. The predicted molar refractivity (Wildman–Crippen MR) is 83.2 cm³/mol. The topological polar surface area (TPSA) is 44.8 Å². The van der Waals surface area contributed by atoms with Gasteiger partial charge >= 0.3 is 0 Å². The van der Waals surface area contributed by atoms with E-state index in [0.29, 0.717) is 23.7 Å². The van der Waals surface area contributed by atoms with Crippen molar-refractivity contribution in [2.24, 2.45) is 0 Å². The molecule has 0 bridgehead atoms. The maximum absolute atomic E-state index is 12.9. The zero-order chi connectivity index (χ0) is 15.7. The maximum Gasteiger partial charge on any atom is 0.180 e. The zero-order valence-electron chi connectivity index (χ0n) is 12.9. The first-order chi connectivity index (χ1) is 10.6. The summed E-state index contributed by atoms with van der Waals surface area (Å²) in [5, 5.41) is 0. The molecule has 0 radical (unpaired) electrons. The molecule has 3 rings (SSSR count). The normalized spacial score (nSPS) is 20.0. The third-order valence-electron chi connectivity index (χ3n) is 4.18. The molecule has 0 saturated heterocycles. The second-order valence-corrected chi connectivity index (χ2v) is 5.54. The average molecular weight is 298 g/mol. The minimum absolute atomic E-state index is 0.0570. The van der Waals surface area contributed by atoms with Crippen LogP contribution in [0.5, 0.6) is 17.2 Å². The molecule has 0 saturated carbocycles. The van der Waals surface area contributed by atoms with Crippen LogP contribution in [-0.4, -0.2) is 26.6 Å². The first-order valence-electron chi connectivity index (χ1n) is 7.08. The van der Waals surface area contributed by atoms with E-state index in [4.69, 9.17) is 14.2 Å². The molecule has 114 valence electrons. The summed E-state index contributed by atoms with van der Waals surface area (Å²) in [4.78, 5) is 12.9.